The maximum Gasteiger partial charge on any atom is 0.275 e. The Morgan fingerprint density at radius 1 is 1.10 bits per heavy atom. The first kappa shape index (κ1) is 16.5. The predicted molar refractivity (Wildman–Crippen MR) is 92.3 cm³/mol. The Morgan fingerprint density at radius 2 is 1.71 bits per heavy atom. The molecule has 0 unspecified atom stereocenters. The second-order valence-corrected chi connectivity index (χ2v) is 6.77. The quantitative estimate of drug-likeness (QED) is 0.452. The summed E-state index contributed by atoms with van der Waals surface area (Å²) in [6.07, 6.45) is 0. The minimum atomic E-state index is -0.424. The lowest BCUT2D eigenvalue weighted by Gasteiger charge is -2.11. The van der Waals surface area contributed by atoms with Gasteiger partial charge in [0, 0.05) is 27.1 Å². The van der Waals surface area contributed by atoms with Gasteiger partial charge in [0.05, 0.1) is 20.7 Å². The molecule has 2 rings (SSSR count). The molecule has 21 heavy (non-hydrogen) atoms. The largest absolute Gasteiger partial charge is 0.378 e. The molecule has 110 valence electrons. The number of hydrogen-bond donors (Lipinski definition) is 1. The van der Waals surface area contributed by atoms with E-state index in [0.717, 1.165) is 4.47 Å². The average molecular weight is 455 g/mol. The number of nitro benzene ring substituents is 1. The summed E-state index contributed by atoms with van der Waals surface area (Å²) in [7, 11) is 0. The Labute approximate surface area is 147 Å². The van der Waals surface area contributed by atoms with Crippen molar-refractivity contribution in [1.82, 2.24) is 0 Å². The third-order valence-corrected chi connectivity index (χ3v) is 4.25. The van der Waals surface area contributed by atoms with Crippen LogP contribution in [-0.4, -0.2) is 4.92 Å². The number of rotatable bonds is 4. The van der Waals surface area contributed by atoms with E-state index in [-0.39, 0.29) is 12.2 Å². The molecule has 0 fully saturated rings. The zero-order chi connectivity index (χ0) is 15.6. The lowest BCUT2D eigenvalue weighted by atomic mass is 10.1. The molecular weight excluding hydrogens is 447 g/mol. The topological polar surface area (TPSA) is 55.2 Å². The number of halogens is 4. The molecule has 8 heteroatoms. The van der Waals surface area contributed by atoms with E-state index in [1.165, 1.54) is 6.07 Å². The Balaban J connectivity index is 2.27. The highest BCUT2D eigenvalue weighted by atomic mass is 79.9. The minimum Gasteiger partial charge on any atom is -0.378 e. The summed E-state index contributed by atoms with van der Waals surface area (Å²) < 4.78 is 1.41. The summed E-state index contributed by atoms with van der Waals surface area (Å²) in [5.74, 6) is 0. The molecule has 0 aromatic heterocycles. The second kappa shape index (κ2) is 6.96. The minimum absolute atomic E-state index is 0.0289. The van der Waals surface area contributed by atoms with Crippen LogP contribution in [-0.2, 0) is 6.54 Å². The summed E-state index contributed by atoms with van der Waals surface area (Å²) >= 11 is 18.7. The van der Waals surface area contributed by atoms with Crippen molar-refractivity contribution in [3.05, 3.63) is 65.0 Å². The molecule has 0 aliphatic carbocycles. The number of anilines is 1. The molecule has 1 N–H and O–H groups in total. The maximum atomic E-state index is 11.1. The van der Waals surface area contributed by atoms with Crippen LogP contribution in [0, 0.1) is 10.1 Å². The van der Waals surface area contributed by atoms with Gasteiger partial charge in [-0.15, -0.1) is 0 Å². The summed E-state index contributed by atoms with van der Waals surface area (Å²) in [5, 5.41) is 15.0. The van der Waals surface area contributed by atoms with Crippen LogP contribution in [0.5, 0.6) is 0 Å². The maximum absolute atomic E-state index is 11.1. The van der Waals surface area contributed by atoms with Crippen molar-refractivity contribution in [2.45, 2.75) is 6.54 Å². The molecule has 0 aliphatic heterocycles. The molecular formula is C13H8Br2Cl2N2O2. The molecule has 0 radical (unpaired) electrons. The van der Waals surface area contributed by atoms with Crippen LogP contribution in [0.25, 0.3) is 0 Å². The molecule has 0 bridgehead atoms. The number of hydrogen-bond acceptors (Lipinski definition) is 3. The highest BCUT2D eigenvalue weighted by Crippen LogP contribution is 2.34. The van der Waals surface area contributed by atoms with Crippen LogP contribution in [0.3, 0.4) is 0 Å². The third-order valence-electron chi connectivity index (χ3n) is 2.71. The van der Waals surface area contributed by atoms with Gasteiger partial charge in [-0.3, -0.25) is 10.1 Å². The van der Waals surface area contributed by atoms with Crippen molar-refractivity contribution in [3.8, 4) is 0 Å². The fraction of sp³-hybridized carbons (Fsp3) is 0.0769. The van der Waals surface area contributed by atoms with E-state index in [0.29, 0.717) is 25.8 Å². The lowest BCUT2D eigenvalue weighted by molar-refractivity contribution is -0.385. The molecule has 0 atom stereocenters. The summed E-state index contributed by atoms with van der Waals surface area (Å²) in [6.45, 7) is 0.241. The van der Waals surface area contributed by atoms with E-state index in [9.17, 15) is 10.1 Å². The van der Waals surface area contributed by atoms with Crippen molar-refractivity contribution in [2.75, 3.05) is 5.32 Å². The van der Waals surface area contributed by atoms with Gasteiger partial charge in [-0.2, -0.15) is 0 Å². The Bertz CT molecular complexity index is 688. The Hall–Kier alpha value is -0.820. The number of nitrogens with zero attached hydrogens (tertiary/aromatic N) is 1. The SMILES string of the molecule is O=[N+]([O-])c1cc(Br)ccc1CNc1c(Cl)cc(Br)cc1Cl. The number of nitrogens with one attached hydrogen (secondary N) is 1. The van der Waals surface area contributed by atoms with Gasteiger partial charge in [-0.05, 0) is 24.3 Å². The van der Waals surface area contributed by atoms with Crippen molar-refractivity contribution < 1.29 is 4.92 Å². The zero-order valence-corrected chi connectivity index (χ0v) is 15.1. The third kappa shape index (κ3) is 4.10. The van der Waals surface area contributed by atoms with E-state index in [2.05, 4.69) is 37.2 Å². The first-order valence-electron chi connectivity index (χ1n) is 5.69. The van der Waals surface area contributed by atoms with Crippen LogP contribution in [0.4, 0.5) is 11.4 Å². The van der Waals surface area contributed by atoms with E-state index in [1.807, 2.05) is 0 Å². The van der Waals surface area contributed by atoms with Crippen LogP contribution >= 0.6 is 55.1 Å². The molecule has 2 aromatic rings. The fourth-order valence-electron chi connectivity index (χ4n) is 1.75. The van der Waals surface area contributed by atoms with Gasteiger partial charge in [0.1, 0.15) is 0 Å². The smallest absolute Gasteiger partial charge is 0.275 e. The first-order chi connectivity index (χ1) is 9.88. The van der Waals surface area contributed by atoms with Gasteiger partial charge in [0.25, 0.3) is 5.69 Å². The average Bonchev–Trinajstić information content (AvgIpc) is 2.38. The van der Waals surface area contributed by atoms with Gasteiger partial charge in [-0.1, -0.05) is 55.1 Å². The van der Waals surface area contributed by atoms with E-state index in [4.69, 9.17) is 23.2 Å². The Morgan fingerprint density at radius 3 is 2.29 bits per heavy atom. The van der Waals surface area contributed by atoms with Crippen molar-refractivity contribution in [1.29, 1.82) is 0 Å². The standard InChI is InChI=1S/C13H8Br2Cl2N2O2/c14-8-2-1-7(12(5-8)19(20)21)6-18-13-10(16)3-9(15)4-11(13)17/h1-5,18H,6H2. The second-order valence-electron chi connectivity index (χ2n) is 4.13. The monoisotopic (exact) mass is 452 g/mol. The molecule has 0 aliphatic rings. The predicted octanol–water partition coefficient (Wildman–Crippen LogP) is 6.04. The molecule has 2 aromatic carbocycles. The van der Waals surface area contributed by atoms with Crippen LogP contribution < -0.4 is 5.32 Å². The van der Waals surface area contributed by atoms with Gasteiger partial charge in [0.15, 0.2) is 0 Å². The lowest BCUT2D eigenvalue weighted by Crippen LogP contribution is -2.04. The zero-order valence-electron chi connectivity index (χ0n) is 10.4. The summed E-state index contributed by atoms with van der Waals surface area (Å²) in [6, 6.07) is 8.28. The summed E-state index contributed by atoms with van der Waals surface area (Å²) in [4.78, 5) is 10.6. The van der Waals surface area contributed by atoms with Gasteiger partial charge in [-0.25, -0.2) is 0 Å². The van der Waals surface area contributed by atoms with Crippen LogP contribution in [0.2, 0.25) is 10.0 Å². The van der Waals surface area contributed by atoms with Crippen molar-refractivity contribution in [3.63, 3.8) is 0 Å². The van der Waals surface area contributed by atoms with Crippen LogP contribution in [0.1, 0.15) is 5.56 Å². The molecule has 4 nitrogen and oxygen atoms in total. The first-order valence-corrected chi connectivity index (χ1v) is 8.04. The van der Waals surface area contributed by atoms with Gasteiger partial charge >= 0.3 is 0 Å². The van der Waals surface area contributed by atoms with E-state index in [1.54, 1.807) is 24.3 Å². The highest BCUT2D eigenvalue weighted by Gasteiger charge is 2.15. The van der Waals surface area contributed by atoms with Crippen molar-refractivity contribution >= 4 is 66.4 Å². The number of nitro groups is 1. The molecule has 0 spiro atoms. The van der Waals surface area contributed by atoms with Crippen molar-refractivity contribution in [2.24, 2.45) is 0 Å². The van der Waals surface area contributed by atoms with E-state index >= 15 is 0 Å². The van der Waals surface area contributed by atoms with Gasteiger partial charge < -0.3 is 5.32 Å². The van der Waals surface area contributed by atoms with Crippen LogP contribution in [0.15, 0.2) is 39.3 Å². The molecule has 0 saturated carbocycles. The molecule has 0 heterocycles. The highest BCUT2D eigenvalue weighted by molar-refractivity contribution is 9.10. The fourth-order valence-corrected chi connectivity index (χ4v) is 3.44. The normalized spacial score (nSPS) is 10.5. The Kier molecular flexibility index (Phi) is 5.48. The molecule has 0 amide bonds. The van der Waals surface area contributed by atoms with E-state index < -0.39 is 4.92 Å². The molecule has 0 saturated heterocycles. The number of benzene rings is 2. The van der Waals surface area contributed by atoms with Gasteiger partial charge in [0.2, 0.25) is 0 Å². The summed E-state index contributed by atoms with van der Waals surface area (Å²) in [5.41, 5.74) is 1.11.